The number of para-hydroxylation sites is 2. The second-order valence-corrected chi connectivity index (χ2v) is 9.12. The number of hydrogen-bond donors (Lipinski definition) is 1. The average molecular weight is 425 g/mol. The van der Waals surface area contributed by atoms with Crippen LogP contribution in [0.2, 0.25) is 0 Å². The molecule has 3 aromatic carbocycles. The molecule has 162 valence electrons. The highest BCUT2D eigenvalue weighted by Gasteiger charge is 2.15. The van der Waals surface area contributed by atoms with Gasteiger partial charge in [0.1, 0.15) is 0 Å². The molecule has 0 fully saturated rings. The quantitative estimate of drug-likeness (QED) is 0.373. The maximum atomic E-state index is 12.8. The van der Waals surface area contributed by atoms with Gasteiger partial charge in [-0.05, 0) is 58.9 Å². The Labute approximate surface area is 189 Å². The normalized spacial score (nSPS) is 11.6. The Morgan fingerprint density at radius 3 is 2.25 bits per heavy atom. The van der Waals surface area contributed by atoms with Crippen molar-refractivity contribution in [2.75, 3.05) is 6.61 Å². The maximum absolute atomic E-state index is 12.8. The molecule has 4 heteroatoms. The number of aromatic nitrogens is 2. The van der Waals surface area contributed by atoms with Crippen molar-refractivity contribution in [1.82, 2.24) is 9.97 Å². The fourth-order valence-corrected chi connectivity index (χ4v) is 3.75. The zero-order chi connectivity index (χ0) is 22.7. The number of carbonyl (C=O) groups excluding carboxylic acids is 1. The standard InChI is InChI=1S/C28H28N2O2/c1-28(2,3)23-12-10-19(11-13-23)20-15-21(17-22(16-20)27(32)9-6-14-31)26-18-29-24-7-4-5-8-25(24)30-26/h4-5,7-8,10-13,15-18,31H,6,9,14H2,1-3H3. The second-order valence-electron chi connectivity index (χ2n) is 9.12. The topological polar surface area (TPSA) is 63.1 Å². The first kappa shape index (κ1) is 21.8. The van der Waals surface area contributed by atoms with Gasteiger partial charge in [0.25, 0.3) is 0 Å². The summed E-state index contributed by atoms with van der Waals surface area (Å²) in [5, 5.41) is 9.15. The van der Waals surface area contributed by atoms with Crippen LogP contribution in [0.1, 0.15) is 49.5 Å². The van der Waals surface area contributed by atoms with Gasteiger partial charge in [-0.15, -0.1) is 0 Å². The molecule has 0 spiro atoms. The number of aliphatic hydroxyl groups excluding tert-OH is 1. The van der Waals surface area contributed by atoms with Gasteiger partial charge in [-0.2, -0.15) is 0 Å². The van der Waals surface area contributed by atoms with Crippen LogP contribution >= 0.6 is 0 Å². The van der Waals surface area contributed by atoms with E-state index in [1.54, 1.807) is 6.20 Å². The summed E-state index contributed by atoms with van der Waals surface area (Å²) in [7, 11) is 0. The molecule has 0 bridgehead atoms. The Balaban J connectivity index is 1.81. The number of carbonyl (C=O) groups is 1. The van der Waals surface area contributed by atoms with Gasteiger partial charge < -0.3 is 5.11 Å². The molecule has 0 atom stereocenters. The summed E-state index contributed by atoms with van der Waals surface area (Å²) >= 11 is 0. The molecule has 0 aliphatic heterocycles. The van der Waals surface area contributed by atoms with E-state index in [9.17, 15) is 4.79 Å². The lowest BCUT2D eigenvalue weighted by Gasteiger charge is -2.19. The van der Waals surface area contributed by atoms with Crippen LogP contribution in [0, 0.1) is 0 Å². The molecule has 1 heterocycles. The molecule has 1 aromatic heterocycles. The third-order valence-electron chi connectivity index (χ3n) is 5.65. The Morgan fingerprint density at radius 1 is 0.875 bits per heavy atom. The van der Waals surface area contributed by atoms with Crippen LogP contribution < -0.4 is 0 Å². The fourth-order valence-electron chi connectivity index (χ4n) is 3.75. The summed E-state index contributed by atoms with van der Waals surface area (Å²) in [4.78, 5) is 22.1. The largest absolute Gasteiger partial charge is 0.396 e. The number of benzene rings is 3. The molecule has 4 aromatic rings. The monoisotopic (exact) mass is 424 g/mol. The van der Waals surface area contributed by atoms with E-state index in [-0.39, 0.29) is 17.8 Å². The number of nitrogens with zero attached hydrogens (tertiary/aromatic N) is 2. The summed E-state index contributed by atoms with van der Waals surface area (Å²) in [6.45, 7) is 6.58. The van der Waals surface area contributed by atoms with Crippen molar-refractivity contribution < 1.29 is 9.90 Å². The first-order chi connectivity index (χ1) is 15.3. The maximum Gasteiger partial charge on any atom is 0.163 e. The van der Waals surface area contributed by atoms with E-state index in [1.165, 1.54) is 5.56 Å². The van der Waals surface area contributed by atoms with E-state index in [2.05, 4.69) is 56.1 Å². The van der Waals surface area contributed by atoms with Crippen molar-refractivity contribution in [1.29, 1.82) is 0 Å². The van der Waals surface area contributed by atoms with Gasteiger partial charge in [0.05, 0.1) is 22.9 Å². The molecule has 0 aliphatic rings. The molecule has 4 nitrogen and oxygen atoms in total. The lowest BCUT2D eigenvalue weighted by atomic mass is 9.86. The summed E-state index contributed by atoms with van der Waals surface area (Å²) < 4.78 is 0. The Morgan fingerprint density at radius 2 is 1.56 bits per heavy atom. The summed E-state index contributed by atoms with van der Waals surface area (Å²) in [5.74, 6) is 0.0159. The zero-order valence-corrected chi connectivity index (χ0v) is 18.8. The molecular weight excluding hydrogens is 396 g/mol. The molecule has 4 rings (SSSR count). The highest BCUT2D eigenvalue weighted by Crippen LogP contribution is 2.31. The third kappa shape index (κ3) is 4.76. The minimum absolute atomic E-state index is 0.00268. The second kappa shape index (κ2) is 9.01. The highest BCUT2D eigenvalue weighted by atomic mass is 16.3. The SMILES string of the molecule is CC(C)(C)c1ccc(-c2cc(C(=O)CCCO)cc(-c3cnc4ccccc4n3)c2)cc1. The fraction of sp³-hybridized carbons (Fsp3) is 0.250. The Bertz CT molecular complexity index is 1250. The number of fused-ring (bicyclic) bond motifs is 1. The number of hydrogen-bond acceptors (Lipinski definition) is 4. The molecular formula is C28H28N2O2. The molecule has 32 heavy (non-hydrogen) atoms. The molecule has 0 amide bonds. The van der Waals surface area contributed by atoms with E-state index >= 15 is 0 Å². The average Bonchev–Trinajstić information content (AvgIpc) is 2.81. The van der Waals surface area contributed by atoms with E-state index in [4.69, 9.17) is 10.1 Å². The van der Waals surface area contributed by atoms with Gasteiger partial charge in [0.2, 0.25) is 0 Å². The van der Waals surface area contributed by atoms with Crippen LogP contribution in [0.3, 0.4) is 0 Å². The van der Waals surface area contributed by atoms with Crippen molar-refractivity contribution in [3.63, 3.8) is 0 Å². The van der Waals surface area contributed by atoms with Crippen molar-refractivity contribution in [3.05, 3.63) is 84.1 Å². The van der Waals surface area contributed by atoms with Crippen LogP contribution in [0.4, 0.5) is 0 Å². The minimum atomic E-state index is 0.00268. The van der Waals surface area contributed by atoms with E-state index < -0.39 is 0 Å². The number of Topliss-reactive ketones (excluding diaryl/α,β-unsaturated/α-hetero) is 1. The van der Waals surface area contributed by atoms with Gasteiger partial charge in [-0.25, -0.2) is 4.98 Å². The Hall–Kier alpha value is -3.37. The number of rotatable bonds is 6. The van der Waals surface area contributed by atoms with Crippen LogP contribution in [0.15, 0.2) is 72.9 Å². The van der Waals surface area contributed by atoms with Gasteiger partial charge in [-0.3, -0.25) is 9.78 Å². The molecule has 0 radical (unpaired) electrons. The van der Waals surface area contributed by atoms with Crippen LogP contribution in [0.5, 0.6) is 0 Å². The van der Waals surface area contributed by atoms with E-state index in [1.807, 2.05) is 36.4 Å². The van der Waals surface area contributed by atoms with Gasteiger partial charge in [0.15, 0.2) is 5.78 Å². The number of ketones is 1. The molecule has 0 saturated heterocycles. The van der Waals surface area contributed by atoms with Gasteiger partial charge in [0, 0.05) is 24.2 Å². The van der Waals surface area contributed by atoms with Crippen LogP contribution in [-0.2, 0) is 5.41 Å². The zero-order valence-electron chi connectivity index (χ0n) is 18.8. The van der Waals surface area contributed by atoms with Crippen molar-refractivity contribution >= 4 is 16.8 Å². The number of aliphatic hydroxyl groups is 1. The first-order valence-corrected chi connectivity index (χ1v) is 11.0. The van der Waals surface area contributed by atoms with E-state index in [0.29, 0.717) is 18.4 Å². The van der Waals surface area contributed by atoms with Crippen molar-refractivity contribution in [3.8, 4) is 22.4 Å². The van der Waals surface area contributed by atoms with Gasteiger partial charge >= 0.3 is 0 Å². The lowest BCUT2D eigenvalue weighted by molar-refractivity contribution is 0.0971. The lowest BCUT2D eigenvalue weighted by Crippen LogP contribution is -2.10. The van der Waals surface area contributed by atoms with Crippen molar-refractivity contribution in [2.24, 2.45) is 0 Å². The third-order valence-corrected chi connectivity index (χ3v) is 5.65. The predicted molar refractivity (Wildman–Crippen MR) is 130 cm³/mol. The first-order valence-electron chi connectivity index (χ1n) is 11.0. The Kier molecular flexibility index (Phi) is 6.15. The van der Waals surface area contributed by atoms with Crippen LogP contribution in [0.25, 0.3) is 33.4 Å². The summed E-state index contributed by atoms with van der Waals surface area (Å²) in [6, 6.07) is 22.1. The van der Waals surface area contributed by atoms with Gasteiger partial charge in [-0.1, -0.05) is 57.2 Å². The highest BCUT2D eigenvalue weighted by molar-refractivity contribution is 5.98. The minimum Gasteiger partial charge on any atom is -0.396 e. The molecule has 1 N–H and O–H groups in total. The summed E-state index contributed by atoms with van der Waals surface area (Å²) in [6.07, 6.45) is 2.52. The smallest absolute Gasteiger partial charge is 0.163 e. The van der Waals surface area contributed by atoms with Crippen LogP contribution in [-0.4, -0.2) is 27.5 Å². The van der Waals surface area contributed by atoms with Crippen molar-refractivity contribution in [2.45, 2.75) is 39.0 Å². The molecule has 0 saturated carbocycles. The predicted octanol–water partition coefficient (Wildman–Crippen LogP) is 6.22. The summed E-state index contributed by atoms with van der Waals surface area (Å²) in [5.41, 5.74) is 7.21. The van der Waals surface area contributed by atoms with E-state index in [0.717, 1.165) is 33.4 Å². The molecule has 0 unspecified atom stereocenters. The molecule has 0 aliphatic carbocycles.